The SMILES string of the molecule is NCCCCC(C=O)NC(=O)C(CCC(=O)O)NC(N)=O. The highest BCUT2D eigenvalue weighted by Crippen LogP contribution is 2.02. The van der Waals surface area contributed by atoms with Crippen molar-refractivity contribution < 1.29 is 24.3 Å². The summed E-state index contributed by atoms with van der Waals surface area (Å²) < 4.78 is 0. The van der Waals surface area contributed by atoms with E-state index in [0.717, 1.165) is 6.42 Å². The van der Waals surface area contributed by atoms with Gasteiger partial charge in [-0.2, -0.15) is 0 Å². The van der Waals surface area contributed by atoms with Gasteiger partial charge in [-0.05, 0) is 32.2 Å². The van der Waals surface area contributed by atoms with Gasteiger partial charge >= 0.3 is 12.0 Å². The van der Waals surface area contributed by atoms with Gasteiger partial charge in [-0.15, -0.1) is 0 Å². The number of carbonyl (C=O) groups excluding carboxylic acids is 3. The molecule has 2 atom stereocenters. The molecule has 0 aromatic heterocycles. The largest absolute Gasteiger partial charge is 0.481 e. The lowest BCUT2D eigenvalue weighted by atomic mass is 10.1. The predicted molar refractivity (Wildman–Crippen MR) is 74.3 cm³/mol. The van der Waals surface area contributed by atoms with Crippen LogP contribution in [0.4, 0.5) is 4.79 Å². The molecular weight excluding hydrogens is 280 g/mol. The quantitative estimate of drug-likeness (QED) is 0.235. The number of carboxylic acids is 1. The second kappa shape index (κ2) is 10.6. The topological polar surface area (TPSA) is 165 Å². The molecule has 0 saturated carbocycles. The maximum atomic E-state index is 11.9. The lowest BCUT2D eigenvalue weighted by Crippen LogP contribution is -2.51. The second-order valence-corrected chi connectivity index (χ2v) is 4.53. The molecule has 0 aliphatic heterocycles. The van der Waals surface area contributed by atoms with Crippen molar-refractivity contribution in [2.24, 2.45) is 11.5 Å². The van der Waals surface area contributed by atoms with Crippen molar-refractivity contribution in [3.63, 3.8) is 0 Å². The Hall–Kier alpha value is -2.16. The fourth-order valence-electron chi connectivity index (χ4n) is 1.67. The molecule has 0 aliphatic carbocycles. The summed E-state index contributed by atoms with van der Waals surface area (Å²) in [4.78, 5) is 44.2. The van der Waals surface area contributed by atoms with Crippen LogP contribution in [0.1, 0.15) is 32.1 Å². The summed E-state index contributed by atoms with van der Waals surface area (Å²) in [7, 11) is 0. The summed E-state index contributed by atoms with van der Waals surface area (Å²) >= 11 is 0. The molecule has 0 bridgehead atoms. The number of carbonyl (C=O) groups is 4. The van der Waals surface area contributed by atoms with E-state index in [0.29, 0.717) is 25.7 Å². The van der Waals surface area contributed by atoms with Crippen LogP contribution < -0.4 is 22.1 Å². The molecule has 0 aliphatic rings. The van der Waals surface area contributed by atoms with Gasteiger partial charge in [-0.3, -0.25) is 9.59 Å². The number of hydrogen-bond acceptors (Lipinski definition) is 5. The van der Waals surface area contributed by atoms with Gasteiger partial charge in [0, 0.05) is 6.42 Å². The molecule has 21 heavy (non-hydrogen) atoms. The Bertz CT molecular complexity index is 375. The zero-order chi connectivity index (χ0) is 16.3. The van der Waals surface area contributed by atoms with E-state index in [1.165, 1.54) is 0 Å². The van der Waals surface area contributed by atoms with Gasteiger partial charge in [-0.1, -0.05) is 0 Å². The average molecular weight is 302 g/mol. The third-order valence-electron chi connectivity index (χ3n) is 2.74. The van der Waals surface area contributed by atoms with Crippen LogP contribution in [-0.4, -0.2) is 47.9 Å². The average Bonchev–Trinajstić information content (AvgIpc) is 2.41. The summed E-state index contributed by atoms with van der Waals surface area (Å²) in [5.74, 6) is -1.74. The Balaban J connectivity index is 4.50. The minimum atomic E-state index is -1.10. The number of hydrogen-bond donors (Lipinski definition) is 5. The highest BCUT2D eigenvalue weighted by atomic mass is 16.4. The van der Waals surface area contributed by atoms with Crippen molar-refractivity contribution >= 4 is 24.2 Å². The van der Waals surface area contributed by atoms with Crippen LogP contribution in [0, 0.1) is 0 Å². The maximum Gasteiger partial charge on any atom is 0.312 e. The predicted octanol–water partition coefficient (Wildman–Crippen LogP) is -1.30. The molecular formula is C12H22N4O5. The van der Waals surface area contributed by atoms with E-state index in [1.807, 2.05) is 0 Å². The van der Waals surface area contributed by atoms with Crippen LogP contribution in [0.3, 0.4) is 0 Å². The monoisotopic (exact) mass is 302 g/mol. The number of unbranched alkanes of at least 4 members (excludes halogenated alkanes) is 1. The molecule has 7 N–H and O–H groups in total. The second-order valence-electron chi connectivity index (χ2n) is 4.53. The highest BCUT2D eigenvalue weighted by Gasteiger charge is 2.23. The van der Waals surface area contributed by atoms with Gasteiger partial charge < -0.3 is 32.0 Å². The number of amides is 3. The van der Waals surface area contributed by atoms with Crippen molar-refractivity contribution in [1.29, 1.82) is 0 Å². The van der Waals surface area contributed by atoms with E-state index >= 15 is 0 Å². The lowest BCUT2D eigenvalue weighted by molar-refractivity contribution is -0.137. The number of carboxylic acid groups (broad SMARTS) is 1. The summed E-state index contributed by atoms with van der Waals surface area (Å²) in [5.41, 5.74) is 10.3. The third-order valence-corrected chi connectivity index (χ3v) is 2.74. The van der Waals surface area contributed by atoms with Gasteiger partial charge in [0.2, 0.25) is 5.91 Å². The Morgan fingerprint density at radius 2 is 1.81 bits per heavy atom. The maximum absolute atomic E-state index is 11.9. The smallest absolute Gasteiger partial charge is 0.312 e. The van der Waals surface area contributed by atoms with Crippen molar-refractivity contribution in [3.8, 4) is 0 Å². The number of primary amides is 1. The summed E-state index contributed by atoms with van der Waals surface area (Å²) in [6.07, 6.45) is 1.99. The molecule has 0 heterocycles. The number of nitrogens with one attached hydrogen (secondary N) is 2. The molecule has 0 fully saturated rings. The molecule has 0 spiro atoms. The summed E-state index contributed by atoms with van der Waals surface area (Å²) in [5, 5.41) is 13.2. The van der Waals surface area contributed by atoms with Gasteiger partial charge in [0.25, 0.3) is 0 Å². The van der Waals surface area contributed by atoms with Crippen LogP contribution >= 0.6 is 0 Å². The summed E-state index contributed by atoms with van der Waals surface area (Å²) in [6, 6.07) is -2.73. The summed E-state index contributed by atoms with van der Waals surface area (Å²) in [6.45, 7) is 0.490. The van der Waals surface area contributed by atoms with Crippen molar-refractivity contribution in [2.45, 2.75) is 44.2 Å². The zero-order valence-corrected chi connectivity index (χ0v) is 11.7. The molecule has 2 unspecified atom stereocenters. The molecule has 0 saturated heterocycles. The molecule has 120 valence electrons. The standard InChI is InChI=1S/C12H22N4O5/c13-6-2-1-3-8(7-17)15-11(20)9(16-12(14)21)4-5-10(18)19/h7-9H,1-6,13H2,(H,15,20)(H,18,19)(H3,14,16,21). The first kappa shape index (κ1) is 18.8. The fourth-order valence-corrected chi connectivity index (χ4v) is 1.67. The Morgan fingerprint density at radius 1 is 1.14 bits per heavy atom. The van der Waals surface area contributed by atoms with E-state index in [9.17, 15) is 19.2 Å². The van der Waals surface area contributed by atoms with Crippen LogP contribution in [0.5, 0.6) is 0 Å². The van der Waals surface area contributed by atoms with Gasteiger partial charge in [0.15, 0.2) is 0 Å². The lowest BCUT2D eigenvalue weighted by Gasteiger charge is -2.19. The van der Waals surface area contributed by atoms with E-state index in [4.69, 9.17) is 16.6 Å². The Labute approximate surface area is 122 Å². The number of aliphatic carboxylic acids is 1. The zero-order valence-electron chi connectivity index (χ0n) is 11.7. The third kappa shape index (κ3) is 9.38. The number of nitrogens with two attached hydrogens (primary N) is 2. The fraction of sp³-hybridized carbons (Fsp3) is 0.667. The molecule has 0 aromatic rings. The molecule has 3 amide bonds. The number of urea groups is 1. The first-order valence-corrected chi connectivity index (χ1v) is 6.64. The normalized spacial score (nSPS) is 13.0. The highest BCUT2D eigenvalue weighted by molar-refractivity contribution is 5.88. The Kier molecular flexibility index (Phi) is 9.52. The van der Waals surface area contributed by atoms with E-state index in [2.05, 4.69) is 10.6 Å². The van der Waals surface area contributed by atoms with Crippen LogP contribution in [-0.2, 0) is 14.4 Å². The van der Waals surface area contributed by atoms with E-state index < -0.39 is 30.0 Å². The minimum absolute atomic E-state index is 0.113. The number of aldehydes is 1. The van der Waals surface area contributed by atoms with Crippen molar-refractivity contribution in [1.82, 2.24) is 10.6 Å². The van der Waals surface area contributed by atoms with Crippen molar-refractivity contribution in [3.05, 3.63) is 0 Å². The minimum Gasteiger partial charge on any atom is -0.481 e. The van der Waals surface area contributed by atoms with Gasteiger partial charge in [0.05, 0.1) is 6.04 Å². The van der Waals surface area contributed by atoms with Gasteiger partial charge in [-0.25, -0.2) is 4.79 Å². The Morgan fingerprint density at radius 3 is 2.29 bits per heavy atom. The molecule has 9 nitrogen and oxygen atoms in total. The first-order chi connectivity index (χ1) is 9.90. The van der Waals surface area contributed by atoms with E-state index in [1.54, 1.807) is 0 Å². The van der Waals surface area contributed by atoms with Crippen LogP contribution in [0.2, 0.25) is 0 Å². The molecule has 0 radical (unpaired) electrons. The van der Waals surface area contributed by atoms with Crippen LogP contribution in [0.25, 0.3) is 0 Å². The van der Waals surface area contributed by atoms with Gasteiger partial charge in [0.1, 0.15) is 12.3 Å². The molecule has 0 aromatic carbocycles. The number of rotatable bonds is 11. The van der Waals surface area contributed by atoms with Crippen LogP contribution in [0.15, 0.2) is 0 Å². The molecule has 9 heteroatoms. The van der Waals surface area contributed by atoms with E-state index in [-0.39, 0.29) is 12.8 Å². The molecule has 0 rings (SSSR count). The first-order valence-electron chi connectivity index (χ1n) is 6.64. The van der Waals surface area contributed by atoms with Crippen molar-refractivity contribution in [2.75, 3.05) is 6.54 Å².